The molecule has 4 nitrogen and oxygen atoms in total. The number of nitrogens with two attached hydrogens (primary N) is 1. The van der Waals surface area contributed by atoms with Crippen molar-refractivity contribution in [2.75, 3.05) is 12.3 Å². The number of halogens is 1. The molecule has 0 amide bonds. The van der Waals surface area contributed by atoms with Gasteiger partial charge in [-0.1, -0.05) is 0 Å². The van der Waals surface area contributed by atoms with E-state index in [4.69, 9.17) is 10.5 Å². The molecule has 19 heavy (non-hydrogen) atoms. The molecule has 0 aliphatic rings. The number of rotatable bonds is 4. The summed E-state index contributed by atoms with van der Waals surface area (Å²) < 4.78 is 18.4. The number of anilines is 1. The lowest BCUT2D eigenvalue weighted by Gasteiger charge is -2.19. The van der Waals surface area contributed by atoms with Crippen molar-refractivity contribution in [1.82, 2.24) is 5.32 Å². The number of esters is 1. The highest BCUT2D eigenvalue weighted by Gasteiger charge is 2.15. The zero-order valence-corrected chi connectivity index (χ0v) is 11.8. The zero-order valence-electron chi connectivity index (χ0n) is 11.8. The van der Waals surface area contributed by atoms with E-state index in [1.807, 2.05) is 0 Å². The van der Waals surface area contributed by atoms with Gasteiger partial charge in [0.2, 0.25) is 0 Å². The molecule has 3 N–H and O–H groups in total. The van der Waals surface area contributed by atoms with E-state index in [0.717, 1.165) is 0 Å². The smallest absolute Gasteiger partial charge is 0.320 e. The van der Waals surface area contributed by atoms with Gasteiger partial charge >= 0.3 is 5.97 Å². The Kier molecular flexibility index (Phi) is 4.89. The van der Waals surface area contributed by atoms with Crippen molar-refractivity contribution in [1.29, 1.82) is 0 Å². The van der Waals surface area contributed by atoms with Crippen molar-refractivity contribution in [3.05, 3.63) is 29.1 Å². The maximum absolute atomic E-state index is 13.2. The molecule has 1 aromatic rings. The molecule has 0 heterocycles. The summed E-state index contributed by atoms with van der Waals surface area (Å²) in [5.41, 5.74) is 7.21. The largest absolute Gasteiger partial charge is 0.459 e. The Balaban J connectivity index is 2.52. The van der Waals surface area contributed by atoms with Crippen molar-refractivity contribution >= 4 is 11.7 Å². The van der Waals surface area contributed by atoms with Gasteiger partial charge in [0.1, 0.15) is 11.4 Å². The lowest BCUT2D eigenvalue weighted by molar-refractivity contribution is -0.153. The molecule has 0 bridgehead atoms. The van der Waals surface area contributed by atoms with Gasteiger partial charge in [0.05, 0.1) is 6.54 Å². The molecule has 0 saturated heterocycles. The summed E-state index contributed by atoms with van der Waals surface area (Å²) in [6, 6.07) is 2.75. The fourth-order valence-corrected chi connectivity index (χ4v) is 1.65. The number of benzene rings is 1. The molecule has 0 spiro atoms. The summed E-state index contributed by atoms with van der Waals surface area (Å²) in [5.74, 6) is -0.681. The van der Waals surface area contributed by atoms with Gasteiger partial charge in [-0.25, -0.2) is 4.39 Å². The van der Waals surface area contributed by atoms with Crippen molar-refractivity contribution in [3.8, 4) is 0 Å². The Morgan fingerprint density at radius 2 is 2.05 bits per heavy atom. The molecule has 5 heteroatoms. The first kappa shape index (κ1) is 15.4. The molecule has 0 fully saturated rings. The van der Waals surface area contributed by atoms with Gasteiger partial charge in [-0.15, -0.1) is 0 Å². The minimum absolute atomic E-state index is 0.0618. The standard InChI is InChI=1S/C14H21FN2O2/c1-9-5-11(15)6-10(13(9)16)7-17-8-12(18)19-14(2,3)4/h5-6,17H,7-8,16H2,1-4H3. The quantitative estimate of drug-likeness (QED) is 0.648. The Bertz CT molecular complexity index is 467. The number of hydrogen-bond acceptors (Lipinski definition) is 4. The molecular weight excluding hydrogens is 247 g/mol. The molecule has 0 unspecified atom stereocenters. The Morgan fingerprint density at radius 1 is 1.42 bits per heavy atom. The average Bonchev–Trinajstić information content (AvgIpc) is 2.22. The molecule has 0 saturated carbocycles. The van der Waals surface area contributed by atoms with Crippen LogP contribution in [0.3, 0.4) is 0 Å². The second kappa shape index (κ2) is 6.02. The maximum Gasteiger partial charge on any atom is 0.320 e. The summed E-state index contributed by atoms with van der Waals surface area (Å²) in [5, 5.41) is 2.90. The summed E-state index contributed by atoms with van der Waals surface area (Å²) in [6.07, 6.45) is 0. The molecule has 106 valence electrons. The normalized spacial score (nSPS) is 11.4. The molecule has 0 aliphatic carbocycles. The number of carbonyl (C=O) groups excluding carboxylic acids is 1. The first-order chi connectivity index (χ1) is 8.69. The van der Waals surface area contributed by atoms with E-state index in [-0.39, 0.29) is 18.3 Å². The number of hydrogen-bond donors (Lipinski definition) is 2. The zero-order chi connectivity index (χ0) is 14.6. The monoisotopic (exact) mass is 268 g/mol. The van der Waals surface area contributed by atoms with E-state index >= 15 is 0 Å². The van der Waals surface area contributed by atoms with Crippen LogP contribution in [0, 0.1) is 12.7 Å². The Morgan fingerprint density at radius 3 is 2.63 bits per heavy atom. The number of nitrogens with one attached hydrogen (secondary N) is 1. The highest BCUT2D eigenvalue weighted by atomic mass is 19.1. The topological polar surface area (TPSA) is 64.3 Å². The number of aryl methyl sites for hydroxylation is 1. The van der Waals surface area contributed by atoms with Crippen LogP contribution in [-0.2, 0) is 16.1 Å². The average molecular weight is 268 g/mol. The molecule has 0 radical (unpaired) electrons. The molecule has 1 rings (SSSR count). The van der Waals surface area contributed by atoms with E-state index in [1.165, 1.54) is 12.1 Å². The first-order valence-electron chi connectivity index (χ1n) is 6.16. The number of carbonyl (C=O) groups is 1. The van der Waals surface area contributed by atoms with Crippen molar-refractivity contribution in [2.45, 2.75) is 39.8 Å². The van der Waals surface area contributed by atoms with E-state index in [0.29, 0.717) is 23.4 Å². The van der Waals surface area contributed by atoms with Crippen LogP contribution in [0.5, 0.6) is 0 Å². The van der Waals surface area contributed by atoms with Crippen molar-refractivity contribution in [2.24, 2.45) is 0 Å². The number of ether oxygens (including phenoxy) is 1. The summed E-state index contributed by atoms with van der Waals surface area (Å²) in [7, 11) is 0. The third-order valence-corrected chi connectivity index (χ3v) is 2.44. The van der Waals surface area contributed by atoms with Gasteiger partial charge in [-0.05, 0) is 51.0 Å². The lowest BCUT2D eigenvalue weighted by atomic mass is 10.1. The Hall–Kier alpha value is -1.62. The third kappa shape index (κ3) is 5.26. The summed E-state index contributed by atoms with van der Waals surface area (Å²) >= 11 is 0. The van der Waals surface area contributed by atoms with E-state index in [9.17, 15) is 9.18 Å². The summed E-state index contributed by atoms with van der Waals surface area (Å²) in [4.78, 5) is 11.5. The third-order valence-electron chi connectivity index (χ3n) is 2.44. The van der Waals surface area contributed by atoms with Gasteiger partial charge < -0.3 is 15.8 Å². The minimum Gasteiger partial charge on any atom is -0.459 e. The van der Waals surface area contributed by atoms with Crippen LogP contribution in [0.1, 0.15) is 31.9 Å². The predicted molar refractivity (Wildman–Crippen MR) is 73.1 cm³/mol. The van der Waals surface area contributed by atoms with Gasteiger partial charge in [0, 0.05) is 12.2 Å². The van der Waals surface area contributed by atoms with E-state index in [2.05, 4.69) is 5.32 Å². The van der Waals surface area contributed by atoms with Crippen LogP contribution in [-0.4, -0.2) is 18.1 Å². The maximum atomic E-state index is 13.2. The summed E-state index contributed by atoms with van der Waals surface area (Å²) in [6.45, 7) is 7.54. The molecular formula is C14H21FN2O2. The highest BCUT2D eigenvalue weighted by Crippen LogP contribution is 2.18. The second-order valence-electron chi connectivity index (χ2n) is 5.49. The van der Waals surface area contributed by atoms with Crippen LogP contribution in [0.15, 0.2) is 12.1 Å². The van der Waals surface area contributed by atoms with E-state index < -0.39 is 5.60 Å². The van der Waals surface area contributed by atoms with Crippen LogP contribution in [0.4, 0.5) is 10.1 Å². The van der Waals surface area contributed by atoms with Crippen LogP contribution >= 0.6 is 0 Å². The highest BCUT2D eigenvalue weighted by molar-refractivity contribution is 5.72. The van der Waals surface area contributed by atoms with Crippen molar-refractivity contribution in [3.63, 3.8) is 0 Å². The van der Waals surface area contributed by atoms with E-state index in [1.54, 1.807) is 27.7 Å². The number of nitrogen functional groups attached to an aromatic ring is 1. The minimum atomic E-state index is -0.507. The van der Waals surface area contributed by atoms with Gasteiger partial charge in [0.25, 0.3) is 0 Å². The predicted octanol–water partition coefficient (Wildman–Crippen LogP) is 2.15. The van der Waals surface area contributed by atoms with Crippen LogP contribution in [0.2, 0.25) is 0 Å². The fourth-order valence-electron chi connectivity index (χ4n) is 1.65. The van der Waals surface area contributed by atoms with Gasteiger partial charge in [0.15, 0.2) is 0 Å². The fraction of sp³-hybridized carbons (Fsp3) is 0.500. The lowest BCUT2D eigenvalue weighted by Crippen LogP contribution is -2.31. The second-order valence-corrected chi connectivity index (χ2v) is 5.49. The Labute approximate surface area is 113 Å². The molecule has 1 aromatic carbocycles. The van der Waals surface area contributed by atoms with Crippen LogP contribution in [0.25, 0.3) is 0 Å². The van der Waals surface area contributed by atoms with Gasteiger partial charge in [-0.3, -0.25) is 4.79 Å². The van der Waals surface area contributed by atoms with Crippen molar-refractivity contribution < 1.29 is 13.9 Å². The molecule has 0 aliphatic heterocycles. The van der Waals surface area contributed by atoms with Gasteiger partial charge in [-0.2, -0.15) is 0 Å². The van der Waals surface area contributed by atoms with Crippen LogP contribution < -0.4 is 11.1 Å². The molecule has 0 atom stereocenters. The SMILES string of the molecule is Cc1cc(F)cc(CNCC(=O)OC(C)(C)C)c1N. The molecule has 0 aromatic heterocycles. The first-order valence-corrected chi connectivity index (χ1v) is 6.16.